The van der Waals surface area contributed by atoms with E-state index in [2.05, 4.69) is 31.9 Å². The second-order valence-corrected chi connectivity index (χ2v) is 12.5. The number of hydrogen-bond donors (Lipinski definition) is 1. The van der Waals surface area contributed by atoms with Gasteiger partial charge in [0.1, 0.15) is 24.2 Å². The van der Waals surface area contributed by atoms with Gasteiger partial charge in [0.05, 0.1) is 41.7 Å². The van der Waals surface area contributed by atoms with Crippen molar-refractivity contribution >= 4 is 17.2 Å². The number of rotatable bonds is 7. The number of carbonyl (C=O) groups is 1. The van der Waals surface area contributed by atoms with Crippen LogP contribution in [0.5, 0.6) is 5.75 Å². The topological polar surface area (TPSA) is 110 Å². The first kappa shape index (κ1) is 25.1. The molecule has 9 rings (SSSR count). The number of piperazine rings is 1. The number of carbonyl (C=O) groups excluding carboxylic acids is 1. The average molecular weight is 554 g/mol. The standard InChI is InChI=1S/C31H35N7O3/c32-13-21-15-34-37-18-27(41-8-7-36-22-4-5-23(36)11-26(39)10-22)12-28(30(21)37)20-3-6-29(33-14-20)35-16-24-9-25(17-35)38(24)31(40)19-1-2-19/h3,6,12,14-15,18-19,22-26,39H,1-2,4-5,7-11,16-17H2/t22-,23+,24?,25?,26+. The van der Waals surface area contributed by atoms with Gasteiger partial charge in [-0.2, -0.15) is 10.4 Å². The summed E-state index contributed by atoms with van der Waals surface area (Å²) in [6.07, 6.45) is 12.3. The van der Waals surface area contributed by atoms with Gasteiger partial charge in [0.15, 0.2) is 0 Å². The first-order valence-electron chi connectivity index (χ1n) is 15.1. The summed E-state index contributed by atoms with van der Waals surface area (Å²) in [6, 6.07) is 9.85. The third-order valence-electron chi connectivity index (χ3n) is 9.94. The number of piperidine rings is 2. The Labute approximate surface area is 239 Å². The van der Waals surface area contributed by atoms with Crippen LogP contribution < -0.4 is 9.64 Å². The number of aromatic nitrogens is 3. The Hall–Kier alpha value is -3.68. The van der Waals surface area contributed by atoms with Gasteiger partial charge in [-0.15, -0.1) is 0 Å². The van der Waals surface area contributed by atoms with E-state index < -0.39 is 0 Å². The Balaban J connectivity index is 0.995. The minimum Gasteiger partial charge on any atom is -0.491 e. The number of aliphatic hydroxyl groups excluding tert-OH is 1. The third-order valence-corrected chi connectivity index (χ3v) is 9.94. The van der Waals surface area contributed by atoms with Crippen molar-refractivity contribution in [1.29, 1.82) is 5.26 Å². The monoisotopic (exact) mass is 553 g/mol. The first-order valence-corrected chi connectivity index (χ1v) is 15.1. The summed E-state index contributed by atoms with van der Waals surface area (Å²) in [5, 5.41) is 24.3. The van der Waals surface area contributed by atoms with Crippen LogP contribution in [0.1, 0.15) is 50.5 Å². The van der Waals surface area contributed by atoms with Crippen molar-refractivity contribution in [2.45, 2.75) is 75.2 Å². The normalized spacial score (nSPS) is 28.9. The summed E-state index contributed by atoms with van der Waals surface area (Å²) in [5.74, 6) is 2.25. The molecule has 8 heterocycles. The van der Waals surface area contributed by atoms with Gasteiger partial charge in [-0.3, -0.25) is 9.69 Å². The predicted molar refractivity (Wildman–Crippen MR) is 151 cm³/mol. The fourth-order valence-corrected chi connectivity index (χ4v) is 7.79. The Bertz CT molecular complexity index is 1500. The number of nitrogens with zero attached hydrogens (tertiary/aromatic N) is 7. The van der Waals surface area contributed by atoms with Gasteiger partial charge in [-0.05, 0) is 63.1 Å². The molecule has 5 atom stereocenters. The summed E-state index contributed by atoms with van der Waals surface area (Å²) >= 11 is 0. The van der Waals surface area contributed by atoms with E-state index in [1.54, 1.807) is 10.7 Å². The Kier molecular flexibility index (Phi) is 5.93. The molecule has 3 aromatic heterocycles. The Morgan fingerprint density at radius 3 is 2.51 bits per heavy atom. The van der Waals surface area contributed by atoms with Crippen LogP contribution >= 0.6 is 0 Å². The summed E-state index contributed by atoms with van der Waals surface area (Å²) in [7, 11) is 0. The van der Waals surface area contributed by atoms with Crippen molar-refractivity contribution in [2.75, 3.05) is 31.1 Å². The molecule has 6 fully saturated rings. The van der Waals surface area contributed by atoms with Crippen LogP contribution in [0.2, 0.25) is 0 Å². The molecule has 3 aromatic rings. The molecule has 4 bridgehead atoms. The van der Waals surface area contributed by atoms with Crippen molar-refractivity contribution < 1.29 is 14.6 Å². The number of ether oxygens (including phenoxy) is 1. The maximum atomic E-state index is 12.6. The number of fused-ring (bicyclic) bond motifs is 5. The van der Waals surface area contributed by atoms with Gasteiger partial charge in [-0.1, -0.05) is 0 Å². The lowest BCUT2D eigenvalue weighted by atomic mass is 9.86. The molecule has 6 aliphatic rings. The van der Waals surface area contributed by atoms with Crippen molar-refractivity contribution in [3.05, 3.63) is 42.4 Å². The molecule has 0 aromatic carbocycles. The van der Waals surface area contributed by atoms with E-state index in [0.717, 1.165) is 87.0 Å². The number of pyridine rings is 2. The van der Waals surface area contributed by atoms with E-state index in [1.807, 2.05) is 24.5 Å². The number of hydrogen-bond acceptors (Lipinski definition) is 8. The lowest BCUT2D eigenvalue weighted by Crippen LogP contribution is -2.70. The molecule has 1 aliphatic carbocycles. The van der Waals surface area contributed by atoms with Crippen LogP contribution in [0.3, 0.4) is 0 Å². The molecule has 2 unspecified atom stereocenters. The van der Waals surface area contributed by atoms with Gasteiger partial charge in [0.2, 0.25) is 5.91 Å². The van der Waals surface area contributed by atoms with E-state index in [4.69, 9.17) is 9.72 Å². The molecule has 5 saturated heterocycles. The Morgan fingerprint density at radius 1 is 1.05 bits per heavy atom. The van der Waals surface area contributed by atoms with Crippen molar-refractivity contribution in [3.8, 4) is 22.9 Å². The van der Waals surface area contributed by atoms with E-state index in [1.165, 1.54) is 0 Å². The van der Waals surface area contributed by atoms with Gasteiger partial charge < -0.3 is 19.6 Å². The maximum absolute atomic E-state index is 12.6. The van der Waals surface area contributed by atoms with Crippen LogP contribution in [0.4, 0.5) is 5.82 Å². The molecule has 0 radical (unpaired) electrons. The number of aliphatic hydroxyl groups is 1. The molecule has 10 nitrogen and oxygen atoms in total. The van der Waals surface area contributed by atoms with Crippen LogP contribution in [0.15, 0.2) is 36.8 Å². The van der Waals surface area contributed by atoms with E-state index in [0.29, 0.717) is 48.0 Å². The molecular weight excluding hydrogens is 518 g/mol. The van der Waals surface area contributed by atoms with Gasteiger partial charge in [0.25, 0.3) is 0 Å². The molecule has 41 heavy (non-hydrogen) atoms. The maximum Gasteiger partial charge on any atom is 0.226 e. The molecule has 5 aliphatic heterocycles. The van der Waals surface area contributed by atoms with Crippen molar-refractivity contribution in [1.82, 2.24) is 24.4 Å². The first-order chi connectivity index (χ1) is 20.1. The minimum absolute atomic E-state index is 0.171. The fraction of sp³-hybridized carbons (Fsp3) is 0.548. The number of amides is 1. The van der Waals surface area contributed by atoms with Gasteiger partial charge in [-0.25, -0.2) is 9.50 Å². The molecule has 1 saturated carbocycles. The van der Waals surface area contributed by atoms with E-state index in [-0.39, 0.29) is 12.0 Å². The largest absolute Gasteiger partial charge is 0.491 e. The summed E-state index contributed by atoms with van der Waals surface area (Å²) in [4.78, 5) is 24.4. The van der Waals surface area contributed by atoms with Crippen LogP contribution in [-0.4, -0.2) is 91.9 Å². The van der Waals surface area contributed by atoms with Crippen LogP contribution in [-0.2, 0) is 4.79 Å². The zero-order valence-electron chi connectivity index (χ0n) is 23.1. The van der Waals surface area contributed by atoms with Gasteiger partial charge >= 0.3 is 0 Å². The van der Waals surface area contributed by atoms with Crippen molar-refractivity contribution in [3.63, 3.8) is 0 Å². The molecule has 0 spiro atoms. The highest BCUT2D eigenvalue weighted by Crippen LogP contribution is 2.41. The van der Waals surface area contributed by atoms with Gasteiger partial charge in [0, 0.05) is 55.0 Å². The SMILES string of the molecule is N#Cc1cnn2cc(OCCN3[C@@H]4CC[C@H]3C[C@@H](O)C4)cc(-c3ccc(N4CC5CC(C4)N5C(=O)C4CC4)nc3)c12. The third kappa shape index (κ3) is 4.34. The summed E-state index contributed by atoms with van der Waals surface area (Å²) in [5.41, 5.74) is 3.01. The molecule has 10 heteroatoms. The summed E-state index contributed by atoms with van der Waals surface area (Å²) < 4.78 is 7.97. The lowest BCUT2D eigenvalue weighted by molar-refractivity contribution is -0.147. The highest BCUT2D eigenvalue weighted by atomic mass is 16.5. The second kappa shape index (κ2) is 9.71. The number of nitriles is 1. The fourth-order valence-electron chi connectivity index (χ4n) is 7.79. The zero-order valence-corrected chi connectivity index (χ0v) is 23.1. The zero-order chi connectivity index (χ0) is 27.7. The Morgan fingerprint density at radius 2 is 1.83 bits per heavy atom. The minimum atomic E-state index is -0.171. The molecule has 212 valence electrons. The number of anilines is 1. The molecule has 1 N–H and O–H groups in total. The molecule has 1 amide bonds. The smallest absolute Gasteiger partial charge is 0.226 e. The second-order valence-electron chi connectivity index (χ2n) is 12.5. The van der Waals surface area contributed by atoms with Crippen LogP contribution in [0, 0.1) is 17.2 Å². The lowest BCUT2D eigenvalue weighted by Gasteiger charge is -2.56. The van der Waals surface area contributed by atoms with E-state index >= 15 is 0 Å². The quantitative estimate of drug-likeness (QED) is 0.476. The van der Waals surface area contributed by atoms with E-state index in [9.17, 15) is 15.2 Å². The van der Waals surface area contributed by atoms with Crippen molar-refractivity contribution in [2.24, 2.45) is 5.92 Å². The summed E-state index contributed by atoms with van der Waals surface area (Å²) in [6.45, 7) is 3.03. The van der Waals surface area contributed by atoms with Crippen LogP contribution in [0.25, 0.3) is 16.6 Å². The molecular formula is C31H35N7O3. The highest BCUT2D eigenvalue weighted by Gasteiger charge is 2.50. The highest BCUT2D eigenvalue weighted by molar-refractivity contribution is 5.85. The average Bonchev–Trinajstić information content (AvgIpc) is 3.71. The predicted octanol–water partition coefficient (Wildman–Crippen LogP) is 2.83.